The Hall–Kier alpha value is -3.21. The molecule has 5 nitrogen and oxygen atoms in total. The maximum Gasteiger partial charge on any atom is 0.272 e. The maximum atomic E-state index is 12.7. The number of aryl methyl sites for hydroxylation is 1. The number of carbonyl (C=O) groups excluding carboxylic acids is 1. The summed E-state index contributed by atoms with van der Waals surface area (Å²) in [5, 5.41) is 4.95. The fourth-order valence-corrected chi connectivity index (χ4v) is 3.01. The Labute approximate surface area is 171 Å². The van der Waals surface area contributed by atoms with Gasteiger partial charge in [0.1, 0.15) is 5.75 Å². The van der Waals surface area contributed by atoms with E-state index in [9.17, 15) is 4.79 Å². The second-order valence-corrected chi connectivity index (χ2v) is 6.90. The molecule has 2 aromatic carbocycles. The van der Waals surface area contributed by atoms with Gasteiger partial charge in [0.2, 0.25) is 0 Å². The number of para-hydroxylation sites is 1. The summed E-state index contributed by atoms with van der Waals surface area (Å²) in [7, 11) is 0. The van der Waals surface area contributed by atoms with Gasteiger partial charge in [0.15, 0.2) is 0 Å². The molecule has 0 unspecified atom stereocenters. The fraction of sp³-hybridized carbons (Fsp3) is 0.292. The minimum atomic E-state index is -0.239. The minimum Gasteiger partial charge on any atom is -0.494 e. The summed E-state index contributed by atoms with van der Waals surface area (Å²) in [6.07, 6.45) is 5.59. The lowest BCUT2D eigenvalue weighted by atomic mass is 10.1. The topological polar surface area (TPSA) is 63.6 Å². The number of hydrogen-bond donors (Lipinski definition) is 1. The first-order valence-corrected chi connectivity index (χ1v) is 10.2. The van der Waals surface area contributed by atoms with Crippen molar-refractivity contribution in [2.75, 3.05) is 6.61 Å². The van der Waals surface area contributed by atoms with Crippen molar-refractivity contribution in [2.45, 2.75) is 39.5 Å². The van der Waals surface area contributed by atoms with Crippen molar-refractivity contribution in [3.8, 4) is 5.75 Å². The highest BCUT2D eigenvalue weighted by Gasteiger charge is 2.12. The van der Waals surface area contributed by atoms with Gasteiger partial charge in [-0.25, -0.2) is 5.43 Å². The van der Waals surface area contributed by atoms with E-state index in [4.69, 9.17) is 4.74 Å². The number of ether oxygens (including phenoxy) is 1. The molecule has 0 aliphatic carbocycles. The number of aromatic nitrogens is 1. The van der Waals surface area contributed by atoms with Crippen LogP contribution in [0.3, 0.4) is 0 Å². The third-order valence-electron chi connectivity index (χ3n) is 4.55. The number of rotatable bonds is 9. The molecule has 3 rings (SSSR count). The summed E-state index contributed by atoms with van der Waals surface area (Å²) in [6, 6.07) is 17.2. The van der Waals surface area contributed by atoms with Crippen LogP contribution in [0, 0.1) is 0 Å². The number of hydrogen-bond acceptors (Lipinski definition) is 4. The van der Waals surface area contributed by atoms with Gasteiger partial charge >= 0.3 is 0 Å². The van der Waals surface area contributed by atoms with Crippen molar-refractivity contribution in [2.24, 2.45) is 5.10 Å². The van der Waals surface area contributed by atoms with Crippen LogP contribution in [0.5, 0.6) is 5.75 Å². The highest BCUT2D eigenvalue weighted by Crippen LogP contribution is 2.19. The average molecular weight is 389 g/mol. The van der Waals surface area contributed by atoms with Crippen molar-refractivity contribution in [3.05, 3.63) is 71.4 Å². The molecule has 0 saturated heterocycles. The van der Waals surface area contributed by atoms with Gasteiger partial charge in [-0.1, -0.05) is 44.9 Å². The Morgan fingerprint density at radius 1 is 1.10 bits per heavy atom. The van der Waals surface area contributed by atoms with E-state index < -0.39 is 0 Å². The quantitative estimate of drug-likeness (QED) is 0.313. The van der Waals surface area contributed by atoms with Gasteiger partial charge in [-0.15, -0.1) is 0 Å². The van der Waals surface area contributed by atoms with Gasteiger partial charge in [-0.05, 0) is 54.8 Å². The number of amides is 1. The average Bonchev–Trinajstić information content (AvgIpc) is 2.74. The molecule has 0 aliphatic heterocycles. The van der Waals surface area contributed by atoms with Crippen LogP contribution in [-0.4, -0.2) is 23.7 Å². The number of pyridine rings is 1. The predicted molar refractivity (Wildman–Crippen MR) is 118 cm³/mol. The van der Waals surface area contributed by atoms with E-state index in [-0.39, 0.29) is 5.91 Å². The molecule has 1 aromatic heterocycles. The normalized spacial score (nSPS) is 11.1. The second-order valence-electron chi connectivity index (χ2n) is 6.90. The molecule has 1 amide bonds. The van der Waals surface area contributed by atoms with E-state index in [0.717, 1.165) is 60.2 Å². The Bertz CT molecular complexity index is 981. The Morgan fingerprint density at radius 2 is 1.90 bits per heavy atom. The number of hydrazone groups is 1. The number of fused-ring (bicyclic) bond motifs is 1. The van der Waals surface area contributed by atoms with Crippen molar-refractivity contribution in [1.29, 1.82) is 0 Å². The summed E-state index contributed by atoms with van der Waals surface area (Å²) < 4.78 is 5.65. The summed E-state index contributed by atoms with van der Waals surface area (Å²) in [5.74, 6) is 0.600. The third-order valence-corrected chi connectivity index (χ3v) is 4.55. The van der Waals surface area contributed by atoms with E-state index >= 15 is 0 Å². The van der Waals surface area contributed by atoms with Gasteiger partial charge in [-0.3, -0.25) is 9.78 Å². The van der Waals surface area contributed by atoms with Crippen molar-refractivity contribution in [3.63, 3.8) is 0 Å². The van der Waals surface area contributed by atoms with E-state index in [1.807, 2.05) is 54.6 Å². The zero-order chi connectivity index (χ0) is 20.5. The maximum absolute atomic E-state index is 12.7. The molecule has 3 aromatic rings. The van der Waals surface area contributed by atoms with E-state index in [0.29, 0.717) is 5.56 Å². The first-order valence-electron chi connectivity index (χ1n) is 10.2. The standard InChI is InChI=1S/C24H27N3O2/c1-3-5-15-29-20-13-11-18(12-14-20)17-25-27-24(28)22-16-19(8-4-2)26-23-10-7-6-9-21(22)23/h6-7,9-14,16-17H,3-5,8,15H2,1-2H3,(H,27,28)/b25-17+. The Morgan fingerprint density at radius 3 is 2.66 bits per heavy atom. The lowest BCUT2D eigenvalue weighted by Gasteiger charge is -2.08. The zero-order valence-electron chi connectivity index (χ0n) is 17.0. The minimum absolute atomic E-state index is 0.239. The molecule has 0 radical (unpaired) electrons. The molecule has 150 valence electrons. The Balaban J connectivity index is 1.69. The van der Waals surface area contributed by atoms with Gasteiger partial charge in [0, 0.05) is 11.1 Å². The van der Waals surface area contributed by atoms with Crippen molar-refractivity contribution in [1.82, 2.24) is 10.4 Å². The smallest absolute Gasteiger partial charge is 0.272 e. The van der Waals surface area contributed by atoms with Gasteiger partial charge < -0.3 is 4.74 Å². The molecular formula is C24H27N3O2. The van der Waals surface area contributed by atoms with Crippen LogP contribution in [0.25, 0.3) is 10.9 Å². The lowest BCUT2D eigenvalue weighted by Crippen LogP contribution is -2.18. The number of nitrogens with zero attached hydrogens (tertiary/aromatic N) is 2. The number of benzene rings is 2. The summed E-state index contributed by atoms with van der Waals surface area (Å²) in [5.41, 5.74) is 5.86. The zero-order valence-corrected chi connectivity index (χ0v) is 17.0. The first-order chi connectivity index (χ1) is 14.2. The predicted octanol–water partition coefficient (Wildman–Crippen LogP) is 5.13. The van der Waals surface area contributed by atoms with Crippen molar-refractivity contribution >= 4 is 23.0 Å². The highest BCUT2D eigenvalue weighted by molar-refractivity contribution is 6.06. The van der Waals surface area contributed by atoms with Gasteiger partial charge in [-0.2, -0.15) is 5.10 Å². The van der Waals surface area contributed by atoms with Crippen molar-refractivity contribution < 1.29 is 9.53 Å². The van der Waals surface area contributed by atoms with Crippen LogP contribution in [-0.2, 0) is 6.42 Å². The summed E-state index contributed by atoms with van der Waals surface area (Å²) >= 11 is 0. The van der Waals surface area contributed by atoms with Crippen LogP contribution >= 0.6 is 0 Å². The monoisotopic (exact) mass is 389 g/mol. The molecule has 0 spiro atoms. The molecule has 29 heavy (non-hydrogen) atoms. The number of nitrogens with one attached hydrogen (secondary N) is 1. The van der Waals surface area contributed by atoms with Crippen LogP contribution in [0.2, 0.25) is 0 Å². The van der Waals surface area contributed by atoms with Crippen LogP contribution in [0.4, 0.5) is 0 Å². The largest absolute Gasteiger partial charge is 0.494 e. The fourth-order valence-electron chi connectivity index (χ4n) is 3.01. The number of unbranched alkanes of at least 4 members (excludes halogenated alkanes) is 1. The van der Waals surface area contributed by atoms with E-state index in [2.05, 4.69) is 29.4 Å². The molecule has 0 fully saturated rings. The molecule has 1 heterocycles. The lowest BCUT2D eigenvalue weighted by molar-refractivity contribution is 0.0956. The Kier molecular flexibility index (Phi) is 7.34. The molecule has 5 heteroatoms. The third kappa shape index (κ3) is 5.64. The summed E-state index contributed by atoms with van der Waals surface area (Å²) in [6.45, 7) is 4.96. The second kappa shape index (κ2) is 10.4. The first kappa shape index (κ1) is 20.5. The molecule has 0 bridgehead atoms. The van der Waals surface area contributed by atoms with Gasteiger partial charge in [0.25, 0.3) is 5.91 Å². The summed E-state index contributed by atoms with van der Waals surface area (Å²) in [4.78, 5) is 17.4. The molecule has 0 saturated carbocycles. The van der Waals surface area contributed by atoms with E-state index in [1.54, 1.807) is 6.21 Å². The highest BCUT2D eigenvalue weighted by atomic mass is 16.5. The molecule has 1 N–H and O–H groups in total. The molecule has 0 aliphatic rings. The molecule has 0 atom stereocenters. The van der Waals surface area contributed by atoms with Crippen LogP contribution in [0.15, 0.2) is 59.7 Å². The van der Waals surface area contributed by atoms with Crippen LogP contribution in [0.1, 0.15) is 54.7 Å². The molecular weight excluding hydrogens is 362 g/mol. The SMILES string of the molecule is CCCCOc1ccc(/C=N/NC(=O)c2cc(CCC)nc3ccccc23)cc1. The number of carbonyl (C=O) groups is 1. The van der Waals surface area contributed by atoms with E-state index in [1.165, 1.54) is 0 Å². The van der Waals surface area contributed by atoms with Crippen LogP contribution < -0.4 is 10.2 Å². The van der Waals surface area contributed by atoms with Gasteiger partial charge in [0.05, 0.1) is 23.9 Å².